The van der Waals surface area contributed by atoms with Gasteiger partial charge in [0.2, 0.25) is 0 Å². The van der Waals surface area contributed by atoms with Gasteiger partial charge in [-0.05, 0) is 0 Å². The van der Waals surface area contributed by atoms with Crippen LogP contribution < -0.4 is 0 Å². The summed E-state index contributed by atoms with van der Waals surface area (Å²) in [6, 6.07) is 1.48. The van der Waals surface area contributed by atoms with Gasteiger partial charge in [-0.3, -0.25) is 0 Å². The number of methoxy groups -OCH3 is 1. The Balaban J connectivity index is 2.99. The molecule has 0 unspecified atom stereocenters. The van der Waals surface area contributed by atoms with Gasteiger partial charge in [-0.2, -0.15) is 5.26 Å². The first-order valence-electron chi connectivity index (χ1n) is 3.37. The van der Waals surface area contributed by atoms with Gasteiger partial charge in [0.05, 0.1) is 12.7 Å². The fourth-order valence-corrected chi connectivity index (χ4v) is 0.972. The maximum Gasteiger partial charge on any atom is 0.145 e. The summed E-state index contributed by atoms with van der Waals surface area (Å²) in [6.45, 7) is 0. The van der Waals surface area contributed by atoms with Crippen molar-refractivity contribution in [1.82, 2.24) is 0 Å². The highest BCUT2D eigenvalue weighted by atomic mass is 19.1. The zero-order valence-electron chi connectivity index (χ0n) is 6.47. The molecule has 0 spiro atoms. The molecule has 0 aromatic heterocycles. The van der Waals surface area contributed by atoms with E-state index in [1.54, 1.807) is 0 Å². The monoisotopic (exact) mass is 171 g/mol. The average molecular weight is 171 g/mol. The van der Waals surface area contributed by atoms with Crippen molar-refractivity contribution in [3.8, 4) is 6.07 Å². The van der Waals surface area contributed by atoms with Gasteiger partial charge in [-0.25, -0.2) is 8.78 Å². The molecular weight excluding hydrogens is 164 g/mol. The third-order valence-electron chi connectivity index (χ3n) is 1.62. The van der Waals surface area contributed by atoms with Crippen LogP contribution in [0.3, 0.4) is 0 Å². The number of rotatable bonds is 1. The Morgan fingerprint density at radius 2 is 2.42 bits per heavy atom. The summed E-state index contributed by atoms with van der Waals surface area (Å²) in [5, 5.41) is 8.33. The second-order valence-electron chi connectivity index (χ2n) is 2.36. The van der Waals surface area contributed by atoms with E-state index >= 15 is 0 Å². The largest absolute Gasteiger partial charge is 0.501 e. The highest BCUT2D eigenvalue weighted by Gasteiger charge is 2.24. The van der Waals surface area contributed by atoms with Crippen LogP contribution in [0, 0.1) is 11.3 Å². The minimum Gasteiger partial charge on any atom is -0.501 e. The maximum absolute atomic E-state index is 12.9. The van der Waals surface area contributed by atoms with Crippen molar-refractivity contribution in [2.75, 3.05) is 7.11 Å². The first kappa shape index (κ1) is 8.72. The topological polar surface area (TPSA) is 33.0 Å². The Labute approximate surface area is 68.7 Å². The van der Waals surface area contributed by atoms with E-state index in [9.17, 15) is 8.78 Å². The Morgan fingerprint density at radius 1 is 1.75 bits per heavy atom. The molecule has 0 aromatic carbocycles. The maximum atomic E-state index is 12.9. The third-order valence-corrected chi connectivity index (χ3v) is 1.62. The summed E-state index contributed by atoms with van der Waals surface area (Å²) in [5.74, 6) is -0.618. The van der Waals surface area contributed by atoms with Gasteiger partial charge in [0.1, 0.15) is 23.8 Å². The molecule has 0 radical (unpaired) electrons. The molecule has 1 rings (SSSR count). The molecule has 0 amide bonds. The smallest absolute Gasteiger partial charge is 0.145 e. The molecular formula is C8H7F2NO. The summed E-state index contributed by atoms with van der Waals surface area (Å²) in [4.78, 5) is 0. The molecule has 64 valence electrons. The zero-order chi connectivity index (χ0) is 9.14. The zero-order valence-corrected chi connectivity index (χ0v) is 6.47. The van der Waals surface area contributed by atoms with Crippen molar-refractivity contribution in [3.63, 3.8) is 0 Å². The van der Waals surface area contributed by atoms with Crippen LogP contribution in [0.2, 0.25) is 0 Å². The number of halogens is 2. The van der Waals surface area contributed by atoms with E-state index < -0.39 is 17.6 Å². The summed E-state index contributed by atoms with van der Waals surface area (Å²) in [7, 11) is 1.34. The van der Waals surface area contributed by atoms with Crippen molar-refractivity contribution in [3.05, 3.63) is 23.2 Å². The van der Waals surface area contributed by atoms with Crippen LogP contribution in [0.15, 0.2) is 23.2 Å². The van der Waals surface area contributed by atoms with Crippen LogP contribution in [0.4, 0.5) is 8.78 Å². The van der Waals surface area contributed by atoms with Crippen LogP contribution in [0.5, 0.6) is 0 Å². The Kier molecular flexibility index (Phi) is 2.44. The normalized spacial score (nSPS) is 23.2. The number of hydrogen-bond acceptors (Lipinski definition) is 2. The molecule has 2 nitrogen and oxygen atoms in total. The second kappa shape index (κ2) is 3.35. The van der Waals surface area contributed by atoms with Gasteiger partial charge in [0.25, 0.3) is 0 Å². The van der Waals surface area contributed by atoms with Crippen LogP contribution in [0.25, 0.3) is 0 Å². The Bertz CT molecular complexity index is 288. The molecule has 0 saturated carbocycles. The number of allylic oxidation sites excluding steroid dienone is 4. The molecule has 0 N–H and O–H groups in total. The molecule has 0 aromatic rings. The number of nitriles is 1. The number of nitrogens with zero attached hydrogens (tertiary/aromatic N) is 1. The van der Waals surface area contributed by atoms with Crippen LogP contribution >= 0.6 is 0 Å². The number of alkyl halides is 1. The minimum absolute atomic E-state index is 0.0627. The molecule has 0 heterocycles. The fraction of sp³-hybridized carbons (Fsp3) is 0.375. The van der Waals surface area contributed by atoms with Crippen molar-refractivity contribution in [2.45, 2.75) is 12.6 Å². The van der Waals surface area contributed by atoms with Crippen molar-refractivity contribution in [2.24, 2.45) is 0 Å². The first-order valence-corrected chi connectivity index (χ1v) is 3.37. The third kappa shape index (κ3) is 1.45. The molecule has 1 atom stereocenters. The Morgan fingerprint density at radius 3 is 2.83 bits per heavy atom. The molecule has 0 saturated heterocycles. The van der Waals surface area contributed by atoms with Crippen molar-refractivity contribution in [1.29, 1.82) is 5.26 Å². The lowest BCUT2D eigenvalue weighted by Gasteiger charge is -2.14. The van der Waals surface area contributed by atoms with Crippen molar-refractivity contribution >= 4 is 0 Å². The Hall–Kier alpha value is -1.37. The number of hydrogen-bond donors (Lipinski definition) is 0. The molecule has 1 aliphatic rings. The molecule has 0 fully saturated rings. The van der Waals surface area contributed by atoms with E-state index in [0.29, 0.717) is 0 Å². The summed E-state index contributed by atoms with van der Waals surface area (Å²) >= 11 is 0. The van der Waals surface area contributed by atoms with Crippen molar-refractivity contribution < 1.29 is 13.5 Å². The number of ether oxygens (including phenoxy) is 1. The first-order chi connectivity index (χ1) is 5.69. The fourth-order valence-electron chi connectivity index (χ4n) is 0.972. The summed E-state index contributed by atoms with van der Waals surface area (Å²) in [5.41, 5.74) is -0.448. The van der Waals surface area contributed by atoms with Gasteiger partial charge in [-0.1, -0.05) is 0 Å². The van der Waals surface area contributed by atoms with Gasteiger partial charge in [0, 0.05) is 12.5 Å². The van der Waals surface area contributed by atoms with Gasteiger partial charge in [-0.15, -0.1) is 0 Å². The van der Waals surface area contributed by atoms with E-state index in [2.05, 4.69) is 4.74 Å². The van der Waals surface area contributed by atoms with E-state index in [-0.39, 0.29) is 12.2 Å². The lowest BCUT2D eigenvalue weighted by atomic mass is 10.0. The van der Waals surface area contributed by atoms with Crippen LogP contribution in [0.1, 0.15) is 6.42 Å². The molecule has 12 heavy (non-hydrogen) atoms. The lowest BCUT2D eigenvalue weighted by molar-refractivity contribution is 0.240. The average Bonchev–Trinajstić information content (AvgIpc) is 2.03. The SMILES string of the molecule is COC1=CC(F)=C(C#N)[C@H](F)C1. The minimum atomic E-state index is -1.57. The molecule has 1 aliphatic carbocycles. The predicted octanol–water partition coefficient (Wildman–Crippen LogP) is 2.01. The molecule has 4 heteroatoms. The van der Waals surface area contributed by atoms with E-state index in [4.69, 9.17) is 5.26 Å². The van der Waals surface area contributed by atoms with Gasteiger partial charge >= 0.3 is 0 Å². The highest BCUT2D eigenvalue weighted by molar-refractivity contribution is 5.38. The lowest BCUT2D eigenvalue weighted by Crippen LogP contribution is -2.11. The van der Waals surface area contributed by atoms with E-state index in [0.717, 1.165) is 6.08 Å². The van der Waals surface area contributed by atoms with Gasteiger partial charge in [0.15, 0.2) is 0 Å². The van der Waals surface area contributed by atoms with Crippen LogP contribution in [-0.2, 0) is 4.74 Å². The van der Waals surface area contributed by atoms with E-state index in [1.165, 1.54) is 13.2 Å². The van der Waals surface area contributed by atoms with Crippen LogP contribution in [-0.4, -0.2) is 13.3 Å². The molecule has 0 bridgehead atoms. The summed E-state index contributed by atoms with van der Waals surface area (Å²) < 4.78 is 30.4. The highest BCUT2D eigenvalue weighted by Crippen LogP contribution is 2.27. The standard InChI is InChI=1S/C8H7F2NO/c1-12-5-2-7(9)6(4-11)8(10)3-5/h2,8H,3H2,1H3/t8-/m1/s1. The quantitative estimate of drug-likeness (QED) is 0.604. The van der Waals surface area contributed by atoms with Gasteiger partial charge < -0.3 is 4.74 Å². The molecule has 0 aliphatic heterocycles. The second-order valence-corrected chi connectivity index (χ2v) is 2.36. The van der Waals surface area contributed by atoms with E-state index in [1.807, 2.05) is 0 Å². The predicted molar refractivity (Wildman–Crippen MR) is 38.4 cm³/mol. The summed E-state index contributed by atoms with van der Waals surface area (Å²) in [6.07, 6.45) is -0.600.